The number of aryl methyl sites for hydroxylation is 1. The highest BCUT2D eigenvalue weighted by molar-refractivity contribution is 5.99. The molecule has 0 N–H and O–H groups in total. The summed E-state index contributed by atoms with van der Waals surface area (Å²) < 4.78 is 85.1. The SMILES string of the molecule is CC1C=C(C[N+](=O)[O-])C=CC1COc1c#cc2c(c1)CCC(Cc1cc(C(F)(F)F)cc(C(F)(F)F)c1)C2=O. The van der Waals surface area contributed by atoms with Crippen LogP contribution in [0.3, 0.4) is 0 Å². The van der Waals surface area contributed by atoms with Gasteiger partial charge in [0, 0.05) is 22.3 Å². The Morgan fingerprint density at radius 3 is 2.31 bits per heavy atom. The second-order valence-electron chi connectivity index (χ2n) is 9.80. The minimum absolute atomic E-state index is 0.00241. The van der Waals surface area contributed by atoms with Crippen LogP contribution in [0.2, 0.25) is 0 Å². The van der Waals surface area contributed by atoms with Gasteiger partial charge in [-0.05, 0) is 66.6 Å². The number of hydrogen-bond acceptors (Lipinski definition) is 4. The van der Waals surface area contributed by atoms with E-state index in [1.807, 2.05) is 19.1 Å². The summed E-state index contributed by atoms with van der Waals surface area (Å²) in [4.78, 5) is 23.4. The van der Waals surface area contributed by atoms with E-state index < -0.39 is 40.1 Å². The zero-order chi connectivity index (χ0) is 28.5. The average molecular weight is 551 g/mol. The number of carbonyl (C=O) groups is 1. The molecule has 2 aromatic carbocycles. The van der Waals surface area contributed by atoms with Gasteiger partial charge in [-0.2, -0.15) is 26.3 Å². The number of Topliss-reactive ketones (excluding diaryl/α,β-unsaturated/α-hetero) is 1. The molecule has 11 heteroatoms. The molecule has 0 spiro atoms. The molecule has 0 aliphatic heterocycles. The number of fused-ring (bicyclic) bond motifs is 1. The number of halogens is 6. The van der Waals surface area contributed by atoms with Crippen molar-refractivity contribution in [3.8, 4) is 5.75 Å². The first-order valence-corrected chi connectivity index (χ1v) is 12.1. The van der Waals surface area contributed by atoms with Crippen molar-refractivity contribution in [3.63, 3.8) is 0 Å². The lowest BCUT2D eigenvalue weighted by Crippen LogP contribution is -2.25. The van der Waals surface area contributed by atoms with Crippen molar-refractivity contribution in [1.29, 1.82) is 0 Å². The summed E-state index contributed by atoms with van der Waals surface area (Å²) in [5.41, 5.74) is -1.61. The van der Waals surface area contributed by atoms with Crippen molar-refractivity contribution in [1.82, 2.24) is 0 Å². The van der Waals surface area contributed by atoms with Crippen LogP contribution in [0.25, 0.3) is 0 Å². The molecule has 0 saturated heterocycles. The topological polar surface area (TPSA) is 69.4 Å². The van der Waals surface area contributed by atoms with Gasteiger partial charge in [0.05, 0.1) is 23.3 Å². The van der Waals surface area contributed by atoms with Crippen molar-refractivity contribution in [3.05, 3.63) is 98.1 Å². The Hall–Kier alpha value is -3.81. The Bertz CT molecular complexity index is 1300. The molecule has 2 aliphatic rings. The van der Waals surface area contributed by atoms with E-state index >= 15 is 0 Å². The summed E-state index contributed by atoms with van der Waals surface area (Å²) in [7, 11) is 0. The third-order valence-electron chi connectivity index (χ3n) is 6.90. The Morgan fingerprint density at radius 1 is 1.05 bits per heavy atom. The smallest absolute Gasteiger partial charge is 0.416 e. The molecule has 0 amide bonds. The summed E-state index contributed by atoms with van der Waals surface area (Å²) >= 11 is 0. The largest absolute Gasteiger partial charge is 0.485 e. The van der Waals surface area contributed by atoms with Crippen molar-refractivity contribution < 1.29 is 40.8 Å². The molecule has 206 valence electrons. The van der Waals surface area contributed by atoms with Crippen LogP contribution in [-0.2, 0) is 25.2 Å². The van der Waals surface area contributed by atoms with Crippen molar-refractivity contribution >= 4 is 5.78 Å². The second kappa shape index (κ2) is 10.8. The van der Waals surface area contributed by atoms with Gasteiger partial charge in [-0.25, -0.2) is 0 Å². The lowest BCUT2D eigenvalue weighted by atomic mass is 9.80. The van der Waals surface area contributed by atoms with Crippen LogP contribution in [0, 0.1) is 40.0 Å². The quantitative estimate of drug-likeness (QED) is 0.218. The summed E-state index contributed by atoms with van der Waals surface area (Å²) in [5.74, 6) is -0.912. The number of ketones is 1. The zero-order valence-electron chi connectivity index (χ0n) is 20.7. The van der Waals surface area contributed by atoms with E-state index in [1.165, 1.54) is 0 Å². The van der Waals surface area contributed by atoms with Crippen LogP contribution >= 0.6 is 0 Å². The molecule has 0 heterocycles. The molecular formula is C28H23F6NO4. The average Bonchev–Trinajstić information content (AvgIpc) is 2.83. The normalized spacial score (nSPS) is 21.2. The number of carbonyl (C=O) groups excluding carboxylic acids is 1. The Kier molecular flexibility index (Phi) is 7.77. The first-order valence-electron chi connectivity index (χ1n) is 12.1. The molecule has 0 saturated carbocycles. The number of alkyl halides is 6. The lowest BCUT2D eigenvalue weighted by molar-refractivity contribution is -0.470. The second-order valence-corrected chi connectivity index (χ2v) is 9.80. The lowest BCUT2D eigenvalue weighted by Gasteiger charge is -2.24. The van der Waals surface area contributed by atoms with Crippen molar-refractivity contribution in [2.24, 2.45) is 17.8 Å². The van der Waals surface area contributed by atoms with Gasteiger partial charge in [0.25, 0.3) is 0 Å². The molecular weight excluding hydrogens is 528 g/mol. The van der Waals surface area contributed by atoms with Crippen LogP contribution < -0.4 is 4.74 Å². The molecule has 0 bridgehead atoms. The molecule has 0 radical (unpaired) electrons. The maximum Gasteiger partial charge on any atom is 0.416 e. The highest BCUT2D eigenvalue weighted by Crippen LogP contribution is 2.38. The van der Waals surface area contributed by atoms with Crippen molar-refractivity contribution in [2.45, 2.75) is 38.5 Å². The molecule has 2 aromatic rings. The number of ether oxygens (including phenoxy) is 1. The zero-order valence-corrected chi connectivity index (χ0v) is 20.7. The number of nitro groups is 1. The van der Waals surface area contributed by atoms with Gasteiger partial charge in [-0.3, -0.25) is 14.9 Å². The van der Waals surface area contributed by atoms with E-state index in [4.69, 9.17) is 4.74 Å². The van der Waals surface area contributed by atoms with Crippen LogP contribution in [0.15, 0.2) is 48.1 Å². The standard InChI is InChI=1S/C28H23F6NO4/c1-16-8-17(14-35(37)38)2-3-21(16)15-39-24-6-7-25-19(12-24)4-5-20(26(25)36)9-18-10-22(27(29,30)31)13-23(11-18)28(32,33)34/h2-3,8,10-13,16,20-21H,4-5,9,14-15H2,1H3. The van der Waals surface area contributed by atoms with E-state index in [0.717, 1.165) is 0 Å². The molecule has 3 atom stereocenters. The predicted octanol–water partition coefficient (Wildman–Crippen LogP) is 6.72. The van der Waals surface area contributed by atoms with Crippen LogP contribution in [0.1, 0.15) is 46.0 Å². The fraction of sp³-hybridized carbons (Fsp3) is 0.393. The minimum atomic E-state index is -4.96. The van der Waals surface area contributed by atoms with E-state index in [9.17, 15) is 41.3 Å². The summed E-state index contributed by atoms with van der Waals surface area (Å²) in [6.07, 6.45) is -4.22. The highest BCUT2D eigenvalue weighted by Gasteiger charge is 2.37. The molecule has 39 heavy (non-hydrogen) atoms. The number of nitrogens with zero attached hydrogens (tertiary/aromatic N) is 1. The fourth-order valence-electron chi connectivity index (χ4n) is 4.83. The molecule has 0 fully saturated rings. The maximum absolute atomic E-state index is 13.2. The molecule has 5 nitrogen and oxygen atoms in total. The van der Waals surface area contributed by atoms with Gasteiger partial charge in [-0.15, -0.1) is 0 Å². The Morgan fingerprint density at radius 2 is 1.72 bits per heavy atom. The first kappa shape index (κ1) is 28.2. The van der Waals surface area contributed by atoms with Gasteiger partial charge in [0.15, 0.2) is 11.5 Å². The Labute approximate surface area is 220 Å². The summed E-state index contributed by atoms with van der Waals surface area (Å²) in [6.45, 7) is 1.92. The number of benzene rings is 1. The number of hydrogen-bond donors (Lipinski definition) is 0. The van der Waals surface area contributed by atoms with E-state index in [-0.39, 0.29) is 55.0 Å². The summed E-state index contributed by atoms with van der Waals surface area (Å²) in [5, 5.41) is 10.7. The number of allylic oxidation sites excluding steroid dienone is 1. The highest BCUT2D eigenvalue weighted by atomic mass is 19.4. The van der Waals surface area contributed by atoms with Crippen LogP contribution in [0.4, 0.5) is 26.3 Å². The maximum atomic E-state index is 13.2. The molecule has 2 aliphatic carbocycles. The third kappa shape index (κ3) is 6.80. The molecule has 3 unspecified atom stereocenters. The predicted molar refractivity (Wildman–Crippen MR) is 128 cm³/mol. The van der Waals surface area contributed by atoms with E-state index in [1.54, 1.807) is 12.1 Å². The third-order valence-corrected chi connectivity index (χ3v) is 6.90. The number of rotatable bonds is 7. The molecule has 0 aromatic heterocycles. The molecule has 4 rings (SSSR count). The monoisotopic (exact) mass is 551 g/mol. The van der Waals surface area contributed by atoms with Gasteiger partial charge in [0.2, 0.25) is 6.54 Å². The van der Waals surface area contributed by atoms with E-state index in [0.29, 0.717) is 35.4 Å². The Balaban J connectivity index is 1.44. The van der Waals surface area contributed by atoms with E-state index in [2.05, 4.69) is 12.1 Å². The van der Waals surface area contributed by atoms with Gasteiger partial charge < -0.3 is 4.74 Å². The first-order chi connectivity index (χ1) is 18.2. The van der Waals surface area contributed by atoms with Gasteiger partial charge >= 0.3 is 12.4 Å². The van der Waals surface area contributed by atoms with Crippen LogP contribution in [0.5, 0.6) is 5.75 Å². The van der Waals surface area contributed by atoms with Gasteiger partial charge in [0.1, 0.15) is 0 Å². The minimum Gasteiger partial charge on any atom is -0.485 e. The van der Waals surface area contributed by atoms with Gasteiger partial charge in [-0.1, -0.05) is 31.2 Å². The van der Waals surface area contributed by atoms with Crippen molar-refractivity contribution in [2.75, 3.05) is 13.2 Å². The summed E-state index contributed by atoms with van der Waals surface area (Å²) in [6, 6.07) is 8.53. The van der Waals surface area contributed by atoms with Crippen LogP contribution in [-0.4, -0.2) is 23.9 Å². The fourth-order valence-corrected chi connectivity index (χ4v) is 4.83.